The Hall–Kier alpha value is -1.06. The fourth-order valence-corrected chi connectivity index (χ4v) is 2.46. The van der Waals surface area contributed by atoms with Crippen molar-refractivity contribution in [3.05, 3.63) is 28.8 Å². The van der Waals surface area contributed by atoms with Gasteiger partial charge in [-0.1, -0.05) is 13.0 Å². The van der Waals surface area contributed by atoms with Gasteiger partial charge in [0.25, 0.3) is 0 Å². The molecule has 0 fully saturated rings. The second kappa shape index (κ2) is 7.51. The monoisotopic (exact) mass is 264 g/mol. The van der Waals surface area contributed by atoms with Gasteiger partial charge in [-0.2, -0.15) is 0 Å². The van der Waals surface area contributed by atoms with Crippen LogP contribution in [0.25, 0.3) is 0 Å². The average Bonchev–Trinajstić information content (AvgIpc) is 2.36. The largest absolute Gasteiger partial charge is 0.496 e. The maximum Gasteiger partial charge on any atom is 0.122 e. The molecular formula is C16H28N2O. The molecule has 0 saturated heterocycles. The first-order valence-electron chi connectivity index (χ1n) is 7.00. The van der Waals surface area contributed by atoms with Crippen molar-refractivity contribution in [2.45, 2.75) is 27.2 Å². The first-order valence-corrected chi connectivity index (χ1v) is 7.00. The van der Waals surface area contributed by atoms with Crippen molar-refractivity contribution in [2.75, 3.05) is 33.8 Å². The van der Waals surface area contributed by atoms with Crippen molar-refractivity contribution in [1.82, 2.24) is 4.90 Å². The van der Waals surface area contributed by atoms with E-state index in [-0.39, 0.29) is 0 Å². The second-order valence-electron chi connectivity index (χ2n) is 5.62. The third-order valence-corrected chi connectivity index (χ3v) is 3.57. The molecule has 0 aliphatic rings. The Morgan fingerprint density at radius 3 is 2.58 bits per heavy atom. The molecule has 0 amide bonds. The van der Waals surface area contributed by atoms with Crippen molar-refractivity contribution in [3.8, 4) is 5.75 Å². The predicted octanol–water partition coefficient (Wildman–Crippen LogP) is 2.38. The molecule has 0 aromatic heterocycles. The lowest BCUT2D eigenvalue weighted by Crippen LogP contribution is -2.30. The van der Waals surface area contributed by atoms with E-state index in [0.29, 0.717) is 5.92 Å². The van der Waals surface area contributed by atoms with Crippen molar-refractivity contribution >= 4 is 0 Å². The van der Waals surface area contributed by atoms with Crippen LogP contribution in [0.2, 0.25) is 0 Å². The minimum absolute atomic E-state index is 0.547. The van der Waals surface area contributed by atoms with Gasteiger partial charge in [0.05, 0.1) is 7.11 Å². The van der Waals surface area contributed by atoms with E-state index in [1.807, 2.05) is 0 Å². The highest BCUT2D eigenvalue weighted by molar-refractivity contribution is 5.43. The van der Waals surface area contributed by atoms with Gasteiger partial charge in [-0.25, -0.2) is 0 Å². The number of benzene rings is 1. The Morgan fingerprint density at radius 1 is 1.32 bits per heavy atom. The van der Waals surface area contributed by atoms with Gasteiger partial charge < -0.3 is 15.4 Å². The van der Waals surface area contributed by atoms with Crippen LogP contribution in [-0.2, 0) is 6.42 Å². The van der Waals surface area contributed by atoms with E-state index in [1.165, 1.54) is 16.7 Å². The van der Waals surface area contributed by atoms with Gasteiger partial charge in [0.2, 0.25) is 0 Å². The van der Waals surface area contributed by atoms with Gasteiger partial charge in [-0.3, -0.25) is 0 Å². The molecule has 1 rings (SSSR count). The molecular weight excluding hydrogens is 236 g/mol. The Balaban J connectivity index is 2.67. The van der Waals surface area contributed by atoms with Crippen LogP contribution in [0.4, 0.5) is 0 Å². The van der Waals surface area contributed by atoms with Crippen LogP contribution in [0.3, 0.4) is 0 Å². The summed E-state index contributed by atoms with van der Waals surface area (Å²) in [4.78, 5) is 2.34. The summed E-state index contributed by atoms with van der Waals surface area (Å²) in [5.74, 6) is 1.56. The summed E-state index contributed by atoms with van der Waals surface area (Å²) in [5, 5.41) is 0. The van der Waals surface area contributed by atoms with Gasteiger partial charge >= 0.3 is 0 Å². The van der Waals surface area contributed by atoms with Crippen molar-refractivity contribution < 1.29 is 4.74 Å². The van der Waals surface area contributed by atoms with Gasteiger partial charge in [0, 0.05) is 13.1 Å². The number of hydrogen-bond acceptors (Lipinski definition) is 3. The minimum atomic E-state index is 0.547. The van der Waals surface area contributed by atoms with Crippen LogP contribution in [0.15, 0.2) is 12.1 Å². The van der Waals surface area contributed by atoms with Gasteiger partial charge in [0.15, 0.2) is 0 Å². The topological polar surface area (TPSA) is 38.5 Å². The summed E-state index contributed by atoms with van der Waals surface area (Å²) in [6.07, 6.45) is 1.02. The van der Waals surface area contributed by atoms with Crippen LogP contribution >= 0.6 is 0 Å². The third-order valence-electron chi connectivity index (χ3n) is 3.57. The lowest BCUT2D eigenvalue weighted by Gasteiger charge is -2.21. The Morgan fingerprint density at radius 2 is 2.00 bits per heavy atom. The van der Waals surface area contributed by atoms with E-state index in [0.717, 1.165) is 31.8 Å². The number of aryl methyl sites for hydroxylation is 2. The maximum atomic E-state index is 5.67. The van der Waals surface area contributed by atoms with Crippen LogP contribution in [0.5, 0.6) is 5.75 Å². The first-order chi connectivity index (χ1) is 8.97. The minimum Gasteiger partial charge on any atom is -0.496 e. The maximum absolute atomic E-state index is 5.67. The SMILES string of the molecule is COc1cc(C)cc(C)c1CCN(C)CC(C)CN. The predicted molar refractivity (Wildman–Crippen MR) is 81.9 cm³/mol. The molecule has 2 N–H and O–H groups in total. The van der Waals surface area contributed by atoms with E-state index in [2.05, 4.69) is 44.9 Å². The quantitative estimate of drug-likeness (QED) is 0.822. The summed E-state index contributed by atoms with van der Waals surface area (Å²) in [6, 6.07) is 4.34. The van der Waals surface area contributed by atoms with Crippen LogP contribution in [0, 0.1) is 19.8 Å². The molecule has 19 heavy (non-hydrogen) atoms. The number of hydrogen-bond donors (Lipinski definition) is 1. The summed E-state index contributed by atoms with van der Waals surface area (Å²) in [7, 11) is 3.90. The third kappa shape index (κ3) is 4.84. The molecule has 1 unspecified atom stereocenters. The highest BCUT2D eigenvalue weighted by Crippen LogP contribution is 2.24. The number of ether oxygens (including phenoxy) is 1. The lowest BCUT2D eigenvalue weighted by molar-refractivity contribution is 0.290. The fourth-order valence-electron chi connectivity index (χ4n) is 2.46. The highest BCUT2D eigenvalue weighted by Gasteiger charge is 2.10. The number of likely N-dealkylation sites (N-methyl/N-ethyl adjacent to an activating group) is 1. The molecule has 1 aromatic carbocycles. The summed E-state index contributed by atoms with van der Waals surface area (Å²) < 4.78 is 5.50. The zero-order chi connectivity index (χ0) is 14.4. The van der Waals surface area contributed by atoms with E-state index in [1.54, 1.807) is 7.11 Å². The summed E-state index contributed by atoms with van der Waals surface area (Å²) in [6.45, 7) is 9.28. The second-order valence-corrected chi connectivity index (χ2v) is 5.62. The molecule has 0 radical (unpaired) electrons. The fraction of sp³-hybridized carbons (Fsp3) is 0.625. The molecule has 0 aliphatic heterocycles. The Labute approximate surface area is 117 Å². The number of nitrogens with zero attached hydrogens (tertiary/aromatic N) is 1. The van der Waals surface area contributed by atoms with Crippen LogP contribution < -0.4 is 10.5 Å². The standard InChI is InChI=1S/C16H28N2O/c1-12-8-14(3)15(16(9-12)19-5)6-7-18(4)11-13(2)10-17/h8-9,13H,6-7,10-11,17H2,1-5H3. The molecule has 0 heterocycles. The normalized spacial score (nSPS) is 12.8. The van der Waals surface area contributed by atoms with Crippen LogP contribution in [-0.4, -0.2) is 38.7 Å². The summed E-state index contributed by atoms with van der Waals surface area (Å²) >= 11 is 0. The number of rotatable bonds is 7. The zero-order valence-corrected chi connectivity index (χ0v) is 13.0. The summed E-state index contributed by atoms with van der Waals surface area (Å²) in [5.41, 5.74) is 9.56. The Bertz CT molecular complexity index is 404. The molecule has 1 atom stereocenters. The van der Waals surface area contributed by atoms with Gasteiger partial charge in [0.1, 0.15) is 5.75 Å². The molecule has 0 bridgehead atoms. The zero-order valence-electron chi connectivity index (χ0n) is 13.0. The van der Waals surface area contributed by atoms with Gasteiger partial charge in [-0.15, -0.1) is 0 Å². The van der Waals surface area contributed by atoms with Crippen molar-refractivity contribution in [2.24, 2.45) is 11.7 Å². The molecule has 0 saturated carbocycles. The van der Waals surface area contributed by atoms with E-state index in [4.69, 9.17) is 10.5 Å². The van der Waals surface area contributed by atoms with Gasteiger partial charge in [-0.05, 0) is 62.5 Å². The van der Waals surface area contributed by atoms with Crippen molar-refractivity contribution in [3.63, 3.8) is 0 Å². The van der Waals surface area contributed by atoms with Crippen LogP contribution in [0.1, 0.15) is 23.6 Å². The highest BCUT2D eigenvalue weighted by atomic mass is 16.5. The molecule has 3 nitrogen and oxygen atoms in total. The van der Waals surface area contributed by atoms with E-state index < -0.39 is 0 Å². The number of methoxy groups -OCH3 is 1. The number of nitrogens with two attached hydrogens (primary N) is 1. The first kappa shape index (κ1) is 16.0. The molecule has 3 heteroatoms. The molecule has 108 valence electrons. The van der Waals surface area contributed by atoms with Crippen molar-refractivity contribution in [1.29, 1.82) is 0 Å². The Kier molecular flexibility index (Phi) is 6.32. The molecule has 1 aromatic rings. The van der Waals surface area contributed by atoms with E-state index in [9.17, 15) is 0 Å². The average molecular weight is 264 g/mol. The smallest absolute Gasteiger partial charge is 0.122 e. The lowest BCUT2D eigenvalue weighted by atomic mass is 10.0. The molecule has 0 aliphatic carbocycles. The molecule has 0 spiro atoms. The van der Waals surface area contributed by atoms with E-state index >= 15 is 0 Å².